The zero-order chi connectivity index (χ0) is 16.0. The number of nitrogens with zero attached hydrogens (tertiary/aromatic N) is 1. The van der Waals surface area contributed by atoms with Gasteiger partial charge >= 0.3 is 0 Å². The molecular weight excluding hydrogens is 272 g/mol. The molecule has 128 valence electrons. The van der Waals surface area contributed by atoms with Gasteiger partial charge in [-0.1, -0.05) is 0 Å². The summed E-state index contributed by atoms with van der Waals surface area (Å²) in [6, 6.07) is 0. The van der Waals surface area contributed by atoms with E-state index in [1.165, 1.54) is 4.90 Å². The largest absolute Gasteiger partial charge is 0.391 e. The van der Waals surface area contributed by atoms with Gasteiger partial charge in [-0.2, -0.15) is 0 Å². The van der Waals surface area contributed by atoms with Crippen molar-refractivity contribution >= 4 is 0 Å². The minimum atomic E-state index is 0.164. The van der Waals surface area contributed by atoms with Crippen LogP contribution < -0.4 is 4.90 Å². The third-order valence-electron chi connectivity index (χ3n) is 4.19. The van der Waals surface area contributed by atoms with Crippen molar-refractivity contribution in [2.24, 2.45) is 0 Å². The highest BCUT2D eigenvalue weighted by atomic mass is 16.3. The van der Waals surface area contributed by atoms with Gasteiger partial charge in [-0.25, -0.2) is 0 Å². The van der Waals surface area contributed by atoms with Crippen LogP contribution in [0.15, 0.2) is 0 Å². The molecule has 0 bridgehead atoms. The first-order valence-electron chi connectivity index (χ1n) is 8.22. The topological polar surface area (TPSA) is 85.4 Å². The number of hydrogen-bond donors (Lipinski definition) is 5. The summed E-state index contributed by atoms with van der Waals surface area (Å²) in [7, 11) is 2.08. The summed E-state index contributed by atoms with van der Waals surface area (Å²) in [6.45, 7) is 5.49. The number of hydrogen-bond acceptors (Lipinski definition) is 4. The zero-order valence-electron chi connectivity index (χ0n) is 13.6. The summed E-state index contributed by atoms with van der Waals surface area (Å²) < 4.78 is 0.736. The average Bonchev–Trinajstić information content (AvgIpc) is 2.43. The minimum absolute atomic E-state index is 0.164. The molecule has 0 aliphatic carbocycles. The van der Waals surface area contributed by atoms with Crippen molar-refractivity contribution in [3.8, 4) is 0 Å². The Kier molecular flexibility index (Phi) is 13.3. The fraction of sp³-hybridized carbons (Fsp3) is 1.00. The van der Waals surface area contributed by atoms with Gasteiger partial charge < -0.3 is 29.8 Å². The maximum atomic E-state index is 9.09. The second-order valence-electron chi connectivity index (χ2n) is 6.10. The van der Waals surface area contributed by atoms with E-state index in [9.17, 15) is 0 Å². The van der Waals surface area contributed by atoms with Crippen LogP contribution in [0.25, 0.3) is 0 Å². The van der Waals surface area contributed by atoms with Crippen LogP contribution in [0.2, 0.25) is 0 Å². The Bertz CT molecular complexity index is 218. The van der Waals surface area contributed by atoms with E-state index < -0.39 is 0 Å². The number of aliphatic hydroxyl groups is 4. The molecule has 0 aromatic heterocycles. The summed E-state index contributed by atoms with van der Waals surface area (Å²) in [5, 5.41) is 36.1. The van der Waals surface area contributed by atoms with Crippen molar-refractivity contribution < 1.29 is 29.8 Å². The quantitative estimate of drug-likeness (QED) is 0.176. The first kappa shape index (κ1) is 20.8. The molecule has 0 fully saturated rings. The van der Waals surface area contributed by atoms with Crippen molar-refractivity contribution in [2.75, 3.05) is 72.7 Å². The fourth-order valence-electron chi connectivity index (χ4n) is 2.73. The summed E-state index contributed by atoms with van der Waals surface area (Å²) in [5.41, 5.74) is 0. The first-order chi connectivity index (χ1) is 10.1. The second-order valence-corrected chi connectivity index (χ2v) is 6.10. The van der Waals surface area contributed by atoms with Crippen LogP contribution in [0.3, 0.4) is 0 Å². The van der Waals surface area contributed by atoms with Crippen LogP contribution in [0.1, 0.15) is 25.7 Å². The van der Waals surface area contributed by atoms with Gasteiger partial charge in [0.2, 0.25) is 0 Å². The standard InChI is InChI=1S/C15H35N2O4/c1-17(10-14-20,11-15-21)9-5-3-2-4-6-16(7-12-18)8-13-19/h18-21H,2-15H2,1H3/q+1/p+1. The molecule has 0 amide bonds. The number of aliphatic hydroxyl groups excluding tert-OH is 4. The van der Waals surface area contributed by atoms with Gasteiger partial charge in [-0.05, 0) is 25.7 Å². The summed E-state index contributed by atoms with van der Waals surface area (Å²) in [5.74, 6) is 0. The predicted octanol–water partition coefficient (Wildman–Crippen LogP) is -2.15. The Labute approximate surface area is 129 Å². The highest BCUT2D eigenvalue weighted by molar-refractivity contribution is 4.46. The molecular formula is C15H36N2O4+2. The van der Waals surface area contributed by atoms with E-state index in [1.807, 2.05) is 0 Å². The molecule has 0 saturated heterocycles. The van der Waals surface area contributed by atoms with E-state index in [0.29, 0.717) is 26.2 Å². The maximum Gasteiger partial charge on any atom is 0.102 e. The average molecular weight is 308 g/mol. The van der Waals surface area contributed by atoms with Gasteiger partial charge in [0, 0.05) is 0 Å². The third-order valence-corrected chi connectivity index (χ3v) is 4.19. The molecule has 0 aromatic rings. The van der Waals surface area contributed by atoms with Gasteiger partial charge in [0.15, 0.2) is 0 Å². The van der Waals surface area contributed by atoms with Gasteiger partial charge in [0.1, 0.15) is 26.2 Å². The first-order valence-corrected chi connectivity index (χ1v) is 8.22. The van der Waals surface area contributed by atoms with E-state index in [0.717, 1.165) is 43.3 Å². The molecule has 6 nitrogen and oxygen atoms in total. The molecule has 0 spiro atoms. The van der Waals surface area contributed by atoms with Crippen molar-refractivity contribution in [3.63, 3.8) is 0 Å². The fourth-order valence-corrected chi connectivity index (χ4v) is 2.73. The number of quaternary nitrogens is 2. The number of unbranched alkanes of at least 4 members (excludes halogenated alkanes) is 3. The third kappa shape index (κ3) is 11.0. The Balaban J connectivity index is 3.73. The van der Waals surface area contributed by atoms with E-state index in [1.54, 1.807) is 0 Å². The molecule has 0 aliphatic rings. The van der Waals surface area contributed by atoms with Gasteiger partial charge in [-0.3, -0.25) is 0 Å². The summed E-state index contributed by atoms with van der Waals surface area (Å²) in [6.07, 6.45) is 4.51. The highest BCUT2D eigenvalue weighted by Crippen LogP contribution is 2.07. The van der Waals surface area contributed by atoms with Crippen molar-refractivity contribution in [2.45, 2.75) is 25.7 Å². The molecule has 0 heterocycles. The van der Waals surface area contributed by atoms with E-state index in [2.05, 4.69) is 7.05 Å². The van der Waals surface area contributed by atoms with E-state index in [4.69, 9.17) is 20.4 Å². The lowest BCUT2D eigenvalue weighted by molar-refractivity contribution is -0.910. The van der Waals surface area contributed by atoms with Gasteiger partial charge in [0.05, 0.1) is 46.6 Å². The normalized spacial score (nSPS) is 12.3. The number of rotatable bonds is 15. The molecule has 0 rings (SSSR count). The highest BCUT2D eigenvalue weighted by Gasteiger charge is 2.19. The lowest BCUT2D eigenvalue weighted by Crippen LogP contribution is -3.13. The maximum absolute atomic E-state index is 9.09. The lowest BCUT2D eigenvalue weighted by Gasteiger charge is -2.33. The molecule has 0 radical (unpaired) electrons. The van der Waals surface area contributed by atoms with E-state index >= 15 is 0 Å². The predicted molar refractivity (Wildman–Crippen MR) is 83.2 cm³/mol. The monoisotopic (exact) mass is 308 g/mol. The van der Waals surface area contributed by atoms with Crippen LogP contribution in [0.4, 0.5) is 0 Å². The van der Waals surface area contributed by atoms with Crippen molar-refractivity contribution in [1.29, 1.82) is 0 Å². The summed E-state index contributed by atoms with van der Waals surface area (Å²) >= 11 is 0. The minimum Gasteiger partial charge on any atom is -0.391 e. The van der Waals surface area contributed by atoms with Gasteiger partial charge in [0.25, 0.3) is 0 Å². The molecule has 0 aromatic carbocycles. The second kappa shape index (κ2) is 13.4. The molecule has 21 heavy (non-hydrogen) atoms. The molecule has 5 N–H and O–H groups in total. The molecule has 0 aliphatic heterocycles. The molecule has 0 saturated carbocycles. The molecule has 0 atom stereocenters. The number of likely N-dealkylation sites (N-methyl/N-ethyl adjacent to an activating group) is 1. The molecule has 0 unspecified atom stereocenters. The van der Waals surface area contributed by atoms with Crippen LogP contribution >= 0.6 is 0 Å². The Morgan fingerprint density at radius 2 is 1.14 bits per heavy atom. The Morgan fingerprint density at radius 1 is 0.619 bits per heavy atom. The van der Waals surface area contributed by atoms with Gasteiger partial charge in [-0.15, -0.1) is 0 Å². The van der Waals surface area contributed by atoms with Crippen LogP contribution in [-0.4, -0.2) is 97.7 Å². The summed E-state index contributed by atoms with van der Waals surface area (Å²) in [4.78, 5) is 1.26. The van der Waals surface area contributed by atoms with Crippen molar-refractivity contribution in [1.82, 2.24) is 0 Å². The lowest BCUT2D eigenvalue weighted by atomic mass is 10.1. The number of nitrogens with one attached hydrogen (secondary N) is 1. The Hall–Kier alpha value is -0.240. The zero-order valence-corrected chi connectivity index (χ0v) is 13.6. The van der Waals surface area contributed by atoms with E-state index in [-0.39, 0.29) is 26.4 Å². The SMILES string of the molecule is C[N+](CCO)(CCO)CCCCCC[NH+](CCO)CCO. The van der Waals surface area contributed by atoms with Crippen LogP contribution in [-0.2, 0) is 0 Å². The van der Waals surface area contributed by atoms with Crippen LogP contribution in [0.5, 0.6) is 0 Å². The Morgan fingerprint density at radius 3 is 1.62 bits per heavy atom. The smallest absolute Gasteiger partial charge is 0.102 e. The van der Waals surface area contributed by atoms with Crippen LogP contribution in [0, 0.1) is 0 Å². The van der Waals surface area contributed by atoms with Crippen molar-refractivity contribution in [3.05, 3.63) is 0 Å². The molecule has 6 heteroatoms.